The Labute approximate surface area is 79.7 Å². The molecule has 0 rings (SSSR count). The molecule has 5 heteroatoms. The van der Waals surface area contributed by atoms with Crippen LogP contribution in [0.1, 0.15) is 27.7 Å². The molecule has 0 radical (unpaired) electrons. The van der Waals surface area contributed by atoms with Gasteiger partial charge in [0.05, 0.1) is 0 Å². The van der Waals surface area contributed by atoms with Gasteiger partial charge in [0.15, 0.2) is 0 Å². The van der Waals surface area contributed by atoms with E-state index >= 15 is 0 Å². The Balaban J connectivity index is 4.66. The summed E-state index contributed by atoms with van der Waals surface area (Å²) in [7, 11) is -3.37. The van der Waals surface area contributed by atoms with Gasteiger partial charge in [0.25, 0.3) is 7.37 Å². The van der Waals surface area contributed by atoms with E-state index in [4.69, 9.17) is 9.47 Å². The summed E-state index contributed by atoms with van der Waals surface area (Å²) in [6.07, 6.45) is 0.156. The van der Waals surface area contributed by atoms with Crippen LogP contribution in [-0.4, -0.2) is 29.8 Å². The quantitative estimate of drug-likeness (QED) is 0.538. The van der Waals surface area contributed by atoms with Gasteiger partial charge in [-0.15, -0.1) is 0 Å². The fourth-order valence-corrected chi connectivity index (χ4v) is 2.30. The molecule has 0 heterocycles. The molecule has 0 aromatic heterocycles. The van der Waals surface area contributed by atoms with Crippen molar-refractivity contribution in [3.63, 3.8) is 0 Å². The molecule has 0 amide bonds. The number of ether oxygens (including phenoxy) is 2. The van der Waals surface area contributed by atoms with Gasteiger partial charge >= 0.3 is 0 Å². The molecule has 13 heavy (non-hydrogen) atoms. The average Bonchev–Trinajstić information content (AvgIpc) is 2.05. The first-order valence-corrected chi connectivity index (χ1v) is 6.37. The normalized spacial score (nSPS) is 17.0. The van der Waals surface area contributed by atoms with Crippen LogP contribution < -0.4 is 0 Å². The highest BCUT2D eigenvalue weighted by Gasteiger charge is 2.43. The maximum Gasteiger partial charge on any atom is 0.257 e. The van der Waals surface area contributed by atoms with Crippen molar-refractivity contribution in [3.05, 3.63) is 0 Å². The molecular weight excluding hydrogens is 191 g/mol. The van der Waals surface area contributed by atoms with E-state index in [0.717, 1.165) is 0 Å². The second kappa shape index (κ2) is 5.11. The van der Waals surface area contributed by atoms with E-state index in [1.165, 1.54) is 6.92 Å². The first kappa shape index (κ1) is 13.1. The van der Waals surface area contributed by atoms with Gasteiger partial charge in [0, 0.05) is 19.4 Å². The monoisotopic (exact) mass is 210 g/mol. The largest absolute Gasteiger partial charge is 0.342 e. The first-order chi connectivity index (χ1) is 5.93. The lowest BCUT2D eigenvalue weighted by Crippen LogP contribution is -2.33. The molecule has 0 bridgehead atoms. The van der Waals surface area contributed by atoms with Crippen LogP contribution in [0.4, 0.5) is 0 Å². The molecule has 80 valence electrons. The van der Waals surface area contributed by atoms with Crippen LogP contribution in [0.5, 0.6) is 0 Å². The van der Waals surface area contributed by atoms with Crippen molar-refractivity contribution < 1.29 is 18.9 Å². The number of rotatable bonds is 6. The molecule has 1 N–H and O–H groups in total. The highest BCUT2D eigenvalue weighted by atomic mass is 31.2. The van der Waals surface area contributed by atoms with E-state index in [-0.39, 0.29) is 6.16 Å². The summed E-state index contributed by atoms with van der Waals surface area (Å²) in [5, 5.41) is 0. The molecule has 0 fully saturated rings. The van der Waals surface area contributed by atoms with Crippen LogP contribution in [0.3, 0.4) is 0 Å². The second-order valence-corrected chi connectivity index (χ2v) is 5.63. The molecule has 0 aliphatic carbocycles. The molecule has 1 atom stereocenters. The Hall–Kier alpha value is 0.110. The molecular formula is C8H19O4P. The van der Waals surface area contributed by atoms with Gasteiger partial charge in [-0.1, -0.05) is 6.92 Å². The molecule has 1 unspecified atom stereocenters. The summed E-state index contributed by atoms with van der Waals surface area (Å²) in [5.41, 5.74) is -1.34. The SMILES string of the molecule is CCOC(C)(OCC)P(=O)(O)CC. The van der Waals surface area contributed by atoms with Crippen LogP contribution in [0, 0.1) is 0 Å². The topological polar surface area (TPSA) is 55.8 Å². The van der Waals surface area contributed by atoms with Gasteiger partial charge in [-0.25, -0.2) is 0 Å². The minimum atomic E-state index is -3.37. The Morgan fingerprint density at radius 2 is 1.62 bits per heavy atom. The van der Waals surface area contributed by atoms with E-state index in [0.29, 0.717) is 13.2 Å². The van der Waals surface area contributed by atoms with Gasteiger partial charge in [-0.05, 0) is 20.8 Å². The summed E-state index contributed by atoms with van der Waals surface area (Å²) < 4.78 is 22.1. The van der Waals surface area contributed by atoms with Crippen LogP contribution in [0.15, 0.2) is 0 Å². The minimum Gasteiger partial charge on any atom is -0.342 e. The Morgan fingerprint density at radius 1 is 1.23 bits per heavy atom. The summed E-state index contributed by atoms with van der Waals surface area (Å²) in [5.74, 6) is 0. The van der Waals surface area contributed by atoms with E-state index < -0.39 is 12.9 Å². The molecule has 0 aromatic rings. The maximum atomic E-state index is 11.7. The van der Waals surface area contributed by atoms with Crippen molar-refractivity contribution in [2.24, 2.45) is 0 Å². The Bertz CT molecular complexity index is 187. The highest BCUT2D eigenvalue weighted by molar-refractivity contribution is 7.59. The summed E-state index contributed by atoms with van der Waals surface area (Å²) >= 11 is 0. The van der Waals surface area contributed by atoms with Gasteiger partial charge in [0.2, 0.25) is 5.53 Å². The van der Waals surface area contributed by atoms with Crippen LogP contribution >= 0.6 is 7.37 Å². The van der Waals surface area contributed by atoms with Crippen LogP contribution in [0.25, 0.3) is 0 Å². The molecule has 0 aliphatic heterocycles. The predicted octanol–water partition coefficient (Wildman–Crippen LogP) is 2.02. The lowest BCUT2D eigenvalue weighted by Gasteiger charge is -2.32. The number of hydrogen-bond donors (Lipinski definition) is 1. The zero-order valence-electron chi connectivity index (χ0n) is 8.74. The summed E-state index contributed by atoms with van der Waals surface area (Å²) in [6.45, 7) is 7.43. The van der Waals surface area contributed by atoms with Crippen LogP contribution in [-0.2, 0) is 14.0 Å². The zero-order chi connectivity index (χ0) is 10.5. The van der Waals surface area contributed by atoms with Crippen molar-refractivity contribution in [2.75, 3.05) is 19.4 Å². The van der Waals surface area contributed by atoms with Crippen molar-refractivity contribution >= 4 is 7.37 Å². The van der Waals surface area contributed by atoms with Gasteiger partial charge in [-0.2, -0.15) is 0 Å². The molecule has 0 saturated heterocycles. The Morgan fingerprint density at radius 3 is 1.85 bits per heavy atom. The van der Waals surface area contributed by atoms with Gasteiger partial charge in [-0.3, -0.25) is 4.57 Å². The van der Waals surface area contributed by atoms with E-state index in [2.05, 4.69) is 0 Å². The van der Waals surface area contributed by atoms with E-state index in [1.54, 1.807) is 20.8 Å². The average molecular weight is 210 g/mol. The summed E-state index contributed by atoms with van der Waals surface area (Å²) in [6, 6.07) is 0. The Kier molecular flexibility index (Phi) is 5.15. The standard InChI is InChI=1S/C8H19O4P/c1-5-11-8(4,12-6-2)13(9,10)7-3/h5-7H2,1-4H3,(H,9,10). The fraction of sp³-hybridized carbons (Fsp3) is 1.00. The molecule has 0 spiro atoms. The fourth-order valence-electron chi connectivity index (χ4n) is 1.07. The van der Waals surface area contributed by atoms with Crippen molar-refractivity contribution in [3.8, 4) is 0 Å². The molecule has 0 saturated carbocycles. The van der Waals surface area contributed by atoms with Crippen molar-refractivity contribution in [1.29, 1.82) is 0 Å². The maximum absolute atomic E-state index is 11.7. The predicted molar refractivity (Wildman–Crippen MR) is 52.0 cm³/mol. The van der Waals surface area contributed by atoms with Gasteiger partial charge < -0.3 is 14.4 Å². The smallest absolute Gasteiger partial charge is 0.257 e. The van der Waals surface area contributed by atoms with Crippen molar-refractivity contribution in [1.82, 2.24) is 0 Å². The lowest BCUT2D eigenvalue weighted by atomic mass is 10.7. The second-order valence-electron chi connectivity index (χ2n) is 2.78. The molecule has 0 aliphatic rings. The zero-order valence-corrected chi connectivity index (χ0v) is 9.63. The van der Waals surface area contributed by atoms with Crippen LogP contribution in [0.2, 0.25) is 0 Å². The molecule has 4 nitrogen and oxygen atoms in total. The highest BCUT2D eigenvalue weighted by Crippen LogP contribution is 2.55. The lowest BCUT2D eigenvalue weighted by molar-refractivity contribution is -0.166. The van der Waals surface area contributed by atoms with Gasteiger partial charge in [0.1, 0.15) is 0 Å². The molecule has 0 aromatic carbocycles. The third-order valence-electron chi connectivity index (χ3n) is 1.89. The van der Waals surface area contributed by atoms with E-state index in [9.17, 15) is 9.46 Å². The number of hydrogen-bond acceptors (Lipinski definition) is 3. The summed E-state index contributed by atoms with van der Waals surface area (Å²) in [4.78, 5) is 9.61. The third kappa shape index (κ3) is 3.06. The first-order valence-electron chi connectivity index (χ1n) is 4.53. The third-order valence-corrected chi connectivity index (χ3v) is 4.27. The van der Waals surface area contributed by atoms with Crippen molar-refractivity contribution in [2.45, 2.75) is 33.2 Å². The van der Waals surface area contributed by atoms with E-state index in [1.807, 2.05) is 0 Å². The minimum absolute atomic E-state index is 0.156.